The van der Waals surface area contributed by atoms with E-state index < -0.39 is 21.4 Å². The molecule has 0 saturated carbocycles. The summed E-state index contributed by atoms with van der Waals surface area (Å²) in [5.74, 6) is 0. The van der Waals surface area contributed by atoms with Gasteiger partial charge >= 0.3 is 0 Å². The molecule has 0 amide bonds. The lowest BCUT2D eigenvalue weighted by atomic mass is 9.80. The molecule has 17 heavy (non-hydrogen) atoms. The largest absolute Gasteiger partial charge is 0.384 e. The molecule has 4 nitrogen and oxygen atoms in total. The van der Waals surface area contributed by atoms with Crippen LogP contribution < -0.4 is 0 Å². The first-order chi connectivity index (χ1) is 7.84. The fraction of sp³-hybridized carbons (Fsp3) is 0.500. The summed E-state index contributed by atoms with van der Waals surface area (Å²) < 4.78 is 0. The fourth-order valence-corrected chi connectivity index (χ4v) is 2.43. The Morgan fingerprint density at radius 3 is 2.41 bits per heavy atom. The summed E-state index contributed by atoms with van der Waals surface area (Å²) in [6.45, 7) is 3.64. The zero-order valence-electron chi connectivity index (χ0n) is 9.84. The average Bonchev–Trinajstić information content (AvgIpc) is 2.27. The van der Waals surface area contributed by atoms with Crippen LogP contribution in [0.5, 0.6) is 0 Å². The molecule has 1 N–H and O–H groups in total. The lowest BCUT2D eigenvalue weighted by Crippen LogP contribution is -2.41. The molecule has 1 rings (SSSR count). The maximum Gasteiger partial charge on any atom is 0.291 e. The number of benzene rings is 1. The van der Waals surface area contributed by atoms with Crippen LogP contribution in [0.15, 0.2) is 30.3 Å². The Kier molecular flexibility index (Phi) is 4.65. The van der Waals surface area contributed by atoms with Gasteiger partial charge in [0.15, 0.2) is 0 Å². The smallest absolute Gasteiger partial charge is 0.291 e. The van der Waals surface area contributed by atoms with Gasteiger partial charge in [0.2, 0.25) is 0 Å². The molecule has 0 aliphatic rings. The van der Waals surface area contributed by atoms with Crippen LogP contribution in [0, 0.1) is 15.5 Å². The number of aliphatic hydroxyl groups is 1. The van der Waals surface area contributed by atoms with E-state index >= 15 is 0 Å². The van der Waals surface area contributed by atoms with E-state index in [9.17, 15) is 15.2 Å². The first kappa shape index (κ1) is 14.1. The molecule has 2 atom stereocenters. The van der Waals surface area contributed by atoms with Crippen molar-refractivity contribution in [1.82, 2.24) is 0 Å². The molecule has 0 fully saturated rings. The van der Waals surface area contributed by atoms with Gasteiger partial charge in [0.25, 0.3) is 4.95 Å². The normalized spacial score (nSPS) is 15.3. The topological polar surface area (TPSA) is 63.4 Å². The van der Waals surface area contributed by atoms with E-state index in [0.29, 0.717) is 6.42 Å². The summed E-state index contributed by atoms with van der Waals surface area (Å²) in [5, 5.41) is 20.6. The number of nitro groups is 1. The molecule has 0 aliphatic carbocycles. The fourth-order valence-electron chi connectivity index (χ4n) is 1.71. The van der Waals surface area contributed by atoms with E-state index in [2.05, 4.69) is 15.9 Å². The molecular formula is C12H16BrNO3. The van der Waals surface area contributed by atoms with Crippen LogP contribution >= 0.6 is 15.9 Å². The van der Waals surface area contributed by atoms with Gasteiger partial charge in [0.05, 0.1) is 0 Å². The highest BCUT2D eigenvalue weighted by atomic mass is 79.9. The third-order valence-corrected chi connectivity index (χ3v) is 3.60. The van der Waals surface area contributed by atoms with Crippen molar-refractivity contribution in [3.8, 4) is 0 Å². The summed E-state index contributed by atoms with van der Waals surface area (Å²) in [7, 11) is 0. The zero-order valence-corrected chi connectivity index (χ0v) is 11.4. The maximum atomic E-state index is 10.6. The average molecular weight is 302 g/mol. The molecule has 1 aromatic rings. The third-order valence-electron chi connectivity index (χ3n) is 2.77. The van der Waals surface area contributed by atoms with Gasteiger partial charge in [0.1, 0.15) is 6.10 Å². The molecule has 0 radical (unpaired) electrons. The Bertz CT molecular complexity index is 381. The number of aliphatic hydroxyl groups excluding tert-OH is 1. The second kappa shape index (κ2) is 5.60. The summed E-state index contributed by atoms with van der Waals surface area (Å²) in [5.41, 5.74) is 0.488. The highest BCUT2D eigenvalue weighted by Gasteiger charge is 2.39. The summed E-state index contributed by atoms with van der Waals surface area (Å²) in [6.07, 6.45) is -0.456. The van der Waals surface area contributed by atoms with Gasteiger partial charge in [-0.15, -0.1) is 0 Å². The van der Waals surface area contributed by atoms with Crippen LogP contribution in [0.2, 0.25) is 0 Å². The molecule has 94 valence electrons. The molecule has 0 heterocycles. The zero-order chi connectivity index (χ0) is 13.1. The Balaban J connectivity index is 2.77. The van der Waals surface area contributed by atoms with E-state index in [1.165, 1.54) is 0 Å². The third kappa shape index (κ3) is 3.78. The lowest BCUT2D eigenvalue weighted by Gasteiger charge is -2.30. The highest BCUT2D eigenvalue weighted by Crippen LogP contribution is 2.30. The molecule has 0 bridgehead atoms. The number of alkyl halides is 1. The number of hydrogen-bond donors (Lipinski definition) is 1. The Morgan fingerprint density at radius 2 is 1.94 bits per heavy atom. The molecule has 0 aromatic heterocycles. The number of rotatable bonds is 5. The van der Waals surface area contributed by atoms with Crippen molar-refractivity contribution in [1.29, 1.82) is 0 Å². The van der Waals surface area contributed by atoms with Gasteiger partial charge in [-0.25, -0.2) is 0 Å². The molecule has 0 saturated heterocycles. The monoisotopic (exact) mass is 301 g/mol. The van der Waals surface area contributed by atoms with Crippen molar-refractivity contribution in [2.45, 2.75) is 31.3 Å². The summed E-state index contributed by atoms with van der Waals surface area (Å²) in [6, 6.07) is 9.64. The maximum absolute atomic E-state index is 10.6. The first-order valence-electron chi connectivity index (χ1n) is 5.34. The van der Waals surface area contributed by atoms with E-state index in [1.54, 1.807) is 0 Å². The molecule has 1 aromatic carbocycles. The standard InChI is InChI=1S/C12H16BrNO3/c1-12(2,10(15)11(13)14(16)17)8-9-6-4-3-5-7-9/h3-7,10-11,15H,8H2,1-2H3. The molecule has 0 aliphatic heterocycles. The van der Waals surface area contributed by atoms with Crippen LogP contribution in [0.1, 0.15) is 19.4 Å². The van der Waals surface area contributed by atoms with E-state index in [1.807, 2.05) is 44.2 Å². The molecular weight excluding hydrogens is 286 g/mol. The molecule has 2 unspecified atom stereocenters. The SMILES string of the molecule is CC(C)(Cc1ccccc1)C(O)C(Br)[N+](=O)[O-]. The minimum Gasteiger partial charge on any atom is -0.384 e. The molecule has 0 spiro atoms. The quantitative estimate of drug-likeness (QED) is 0.393. The van der Waals surface area contributed by atoms with Crippen LogP contribution in [0.25, 0.3) is 0 Å². The summed E-state index contributed by atoms with van der Waals surface area (Å²) >= 11 is 2.91. The predicted molar refractivity (Wildman–Crippen MR) is 69.6 cm³/mol. The van der Waals surface area contributed by atoms with E-state index in [-0.39, 0.29) is 0 Å². The second-order valence-electron chi connectivity index (χ2n) is 4.75. The van der Waals surface area contributed by atoms with Gasteiger partial charge < -0.3 is 5.11 Å². The van der Waals surface area contributed by atoms with Crippen molar-refractivity contribution in [2.24, 2.45) is 5.41 Å². The predicted octanol–water partition coefficient (Wildman–Crippen LogP) is 2.61. The number of nitrogens with zero attached hydrogens (tertiary/aromatic N) is 1. The second-order valence-corrected chi connectivity index (χ2v) is 5.69. The van der Waals surface area contributed by atoms with Gasteiger partial charge in [-0.1, -0.05) is 44.2 Å². The van der Waals surface area contributed by atoms with Gasteiger partial charge in [-0.05, 0) is 27.9 Å². The van der Waals surface area contributed by atoms with Crippen LogP contribution in [-0.4, -0.2) is 21.1 Å². The van der Waals surface area contributed by atoms with E-state index in [0.717, 1.165) is 5.56 Å². The minimum atomic E-state index is -1.14. The van der Waals surface area contributed by atoms with Gasteiger partial charge in [-0.2, -0.15) is 0 Å². The van der Waals surface area contributed by atoms with Crippen molar-refractivity contribution >= 4 is 15.9 Å². The van der Waals surface area contributed by atoms with Crippen LogP contribution in [0.4, 0.5) is 0 Å². The molecule has 5 heteroatoms. The Hall–Kier alpha value is -0.940. The first-order valence-corrected chi connectivity index (χ1v) is 6.26. The van der Waals surface area contributed by atoms with Crippen LogP contribution in [0.3, 0.4) is 0 Å². The van der Waals surface area contributed by atoms with Gasteiger partial charge in [0, 0.05) is 10.3 Å². The minimum absolute atomic E-state index is 0.516. The summed E-state index contributed by atoms with van der Waals surface area (Å²) in [4.78, 5) is 8.98. The van der Waals surface area contributed by atoms with Crippen molar-refractivity contribution in [3.63, 3.8) is 0 Å². The lowest BCUT2D eigenvalue weighted by molar-refractivity contribution is -0.507. The number of halogens is 1. The van der Waals surface area contributed by atoms with Crippen LogP contribution in [-0.2, 0) is 6.42 Å². The Labute approximate surface area is 109 Å². The van der Waals surface area contributed by atoms with Crippen molar-refractivity contribution in [3.05, 3.63) is 46.0 Å². The van der Waals surface area contributed by atoms with Gasteiger partial charge in [-0.3, -0.25) is 10.1 Å². The van der Waals surface area contributed by atoms with Crippen molar-refractivity contribution < 1.29 is 10.0 Å². The van der Waals surface area contributed by atoms with E-state index in [4.69, 9.17) is 0 Å². The number of hydrogen-bond acceptors (Lipinski definition) is 3. The highest BCUT2D eigenvalue weighted by molar-refractivity contribution is 9.09. The Morgan fingerprint density at radius 1 is 1.41 bits per heavy atom. The van der Waals surface area contributed by atoms with Crippen molar-refractivity contribution in [2.75, 3.05) is 0 Å².